The van der Waals surface area contributed by atoms with E-state index < -0.39 is 40.5 Å². The number of methoxy groups -OCH3 is 2. The number of primary amides is 2. The van der Waals surface area contributed by atoms with Gasteiger partial charge in [0.1, 0.15) is 17.1 Å². The molecule has 5 rings (SSSR count). The first-order valence-corrected chi connectivity index (χ1v) is 12.5. The number of ether oxygens (including phenoxy) is 3. The van der Waals surface area contributed by atoms with E-state index in [9.17, 15) is 18.8 Å². The molecule has 3 amide bonds. The number of nitrogens with two attached hydrogens (primary N) is 2. The van der Waals surface area contributed by atoms with Gasteiger partial charge in [-0.1, -0.05) is 12.1 Å². The Labute approximate surface area is 238 Å². The number of anilines is 1. The van der Waals surface area contributed by atoms with Crippen molar-refractivity contribution >= 4 is 34.3 Å². The molecule has 10 nitrogen and oxygen atoms in total. The Morgan fingerprint density at radius 2 is 1.60 bits per heavy atom. The number of carbonyl (C=O) groups excluding carboxylic acids is 3. The lowest BCUT2D eigenvalue weighted by molar-refractivity contribution is -0.129. The maximum absolute atomic E-state index is 15.7. The van der Waals surface area contributed by atoms with Crippen LogP contribution < -0.4 is 30.6 Å². The number of aromatic nitrogens is 1. The highest BCUT2D eigenvalue weighted by atomic mass is 19.1. The summed E-state index contributed by atoms with van der Waals surface area (Å²) < 4.78 is 46.0. The second-order valence-corrected chi connectivity index (χ2v) is 9.31. The third kappa shape index (κ3) is 4.62. The zero-order chi connectivity index (χ0) is 30.2. The average Bonchev–Trinajstić information content (AvgIpc) is 2.97. The predicted octanol–water partition coefficient (Wildman–Crippen LogP) is 3.85. The van der Waals surface area contributed by atoms with Crippen molar-refractivity contribution in [3.8, 4) is 23.0 Å². The van der Waals surface area contributed by atoms with E-state index in [-0.39, 0.29) is 29.2 Å². The minimum absolute atomic E-state index is 0.0108. The molecule has 42 heavy (non-hydrogen) atoms. The topological polar surface area (TPSA) is 147 Å². The molecule has 1 unspecified atom stereocenters. The Hall–Kier alpha value is -5.52. The lowest BCUT2D eigenvalue weighted by Gasteiger charge is -2.44. The first kappa shape index (κ1) is 28.0. The van der Waals surface area contributed by atoms with Gasteiger partial charge >= 0.3 is 0 Å². The van der Waals surface area contributed by atoms with Gasteiger partial charge in [-0.05, 0) is 54.1 Å². The number of pyridine rings is 1. The normalized spacial score (nSPS) is 16.6. The summed E-state index contributed by atoms with van der Waals surface area (Å²) in [7, 11) is 2.96. The largest absolute Gasteiger partial charge is 0.493 e. The number of carbonyl (C=O) groups is 3. The number of halogens is 2. The van der Waals surface area contributed by atoms with E-state index in [0.29, 0.717) is 22.4 Å². The molecule has 0 radical (unpaired) electrons. The van der Waals surface area contributed by atoms with E-state index in [1.54, 1.807) is 18.2 Å². The fourth-order valence-electron chi connectivity index (χ4n) is 4.95. The van der Waals surface area contributed by atoms with Crippen molar-refractivity contribution in [1.29, 1.82) is 0 Å². The lowest BCUT2D eigenvalue weighted by Crippen LogP contribution is -2.60. The van der Waals surface area contributed by atoms with Gasteiger partial charge in [0.05, 0.1) is 19.7 Å². The molecule has 2 heterocycles. The Balaban J connectivity index is 1.61. The van der Waals surface area contributed by atoms with Crippen LogP contribution in [0.4, 0.5) is 14.5 Å². The molecule has 0 bridgehead atoms. The molecule has 0 saturated carbocycles. The zero-order valence-electron chi connectivity index (χ0n) is 22.4. The maximum atomic E-state index is 15.7. The van der Waals surface area contributed by atoms with Gasteiger partial charge in [0.15, 0.2) is 28.6 Å². The van der Waals surface area contributed by atoms with Gasteiger partial charge in [0, 0.05) is 29.8 Å². The first-order valence-electron chi connectivity index (χ1n) is 12.5. The van der Waals surface area contributed by atoms with E-state index in [4.69, 9.17) is 25.7 Å². The molecule has 0 saturated heterocycles. The van der Waals surface area contributed by atoms with Crippen LogP contribution in [0.25, 0.3) is 10.9 Å². The summed E-state index contributed by atoms with van der Waals surface area (Å²) in [6.07, 6.45) is 2.36. The van der Waals surface area contributed by atoms with Gasteiger partial charge in [-0.2, -0.15) is 0 Å². The Kier molecular flexibility index (Phi) is 7.21. The second-order valence-electron chi connectivity index (χ2n) is 9.31. The number of hydrogen-bond donors (Lipinski definition) is 2. The summed E-state index contributed by atoms with van der Waals surface area (Å²) in [5, 5.41) is 0.511. The van der Waals surface area contributed by atoms with Crippen LogP contribution in [0.3, 0.4) is 0 Å². The Morgan fingerprint density at radius 1 is 0.905 bits per heavy atom. The second kappa shape index (κ2) is 10.8. The van der Waals surface area contributed by atoms with Crippen molar-refractivity contribution in [2.24, 2.45) is 11.5 Å². The Morgan fingerprint density at radius 3 is 2.21 bits per heavy atom. The molecule has 1 aromatic heterocycles. The standard InChI is InChI=1S/C30H24F2N4O6/c1-40-25-14-20-22(15-26(25)41-2)35-12-10-23(20)42-24-8-3-16(13-21(24)32)30(29(34)39)11-9-19(27(33)37)28(38)36(30)18-6-4-17(31)5-7-18/h3-10,12-15H,11H2,1-2H3,(H2,33,37)(H2,34,39). The molecular formula is C30H24F2N4O6. The van der Waals surface area contributed by atoms with Gasteiger partial charge in [-0.3, -0.25) is 24.3 Å². The highest BCUT2D eigenvalue weighted by Gasteiger charge is 2.51. The summed E-state index contributed by atoms with van der Waals surface area (Å²) in [6.45, 7) is 0. The third-order valence-corrected chi connectivity index (χ3v) is 7.01. The monoisotopic (exact) mass is 574 g/mol. The fraction of sp³-hybridized carbons (Fsp3) is 0.133. The van der Waals surface area contributed by atoms with Gasteiger partial charge in [-0.25, -0.2) is 8.78 Å². The van der Waals surface area contributed by atoms with Gasteiger partial charge in [-0.15, -0.1) is 0 Å². The molecule has 1 aliphatic rings. The molecule has 4 N–H and O–H groups in total. The van der Waals surface area contributed by atoms with Crippen LogP contribution in [0.1, 0.15) is 12.0 Å². The number of nitrogens with zero attached hydrogens (tertiary/aromatic N) is 2. The SMILES string of the molecule is COc1cc2nccc(Oc3ccc(C4(C(N)=O)CC=C(C(N)=O)C(=O)N4c4ccc(F)cc4)cc3F)c2cc1OC. The number of amides is 3. The van der Waals surface area contributed by atoms with Crippen LogP contribution in [0.2, 0.25) is 0 Å². The highest BCUT2D eigenvalue weighted by molar-refractivity contribution is 6.26. The van der Waals surface area contributed by atoms with Gasteiger partial charge in [0.25, 0.3) is 11.8 Å². The number of fused-ring (bicyclic) bond motifs is 1. The van der Waals surface area contributed by atoms with E-state index >= 15 is 4.39 Å². The molecule has 0 aliphatic carbocycles. The maximum Gasteiger partial charge on any atom is 0.264 e. The molecule has 3 aromatic carbocycles. The van der Waals surface area contributed by atoms with E-state index in [1.165, 1.54) is 50.8 Å². The summed E-state index contributed by atoms with van der Waals surface area (Å²) in [6, 6.07) is 13.1. The van der Waals surface area contributed by atoms with E-state index in [1.807, 2.05) is 0 Å². The molecule has 1 atom stereocenters. The van der Waals surface area contributed by atoms with Crippen LogP contribution >= 0.6 is 0 Å². The average molecular weight is 575 g/mol. The van der Waals surface area contributed by atoms with Crippen molar-refractivity contribution in [2.75, 3.05) is 19.1 Å². The van der Waals surface area contributed by atoms with Crippen LogP contribution in [0.5, 0.6) is 23.0 Å². The summed E-state index contributed by atoms with van der Waals surface area (Å²) in [5.41, 5.74) is 9.41. The number of rotatable bonds is 8. The summed E-state index contributed by atoms with van der Waals surface area (Å²) >= 11 is 0. The number of hydrogen-bond acceptors (Lipinski definition) is 7. The molecule has 12 heteroatoms. The fourth-order valence-corrected chi connectivity index (χ4v) is 4.95. The number of benzene rings is 3. The molecule has 1 aliphatic heterocycles. The third-order valence-electron chi connectivity index (χ3n) is 7.01. The Bertz CT molecular complexity index is 1780. The predicted molar refractivity (Wildman–Crippen MR) is 148 cm³/mol. The van der Waals surface area contributed by atoms with Crippen molar-refractivity contribution < 1.29 is 37.4 Å². The molecule has 0 spiro atoms. The van der Waals surface area contributed by atoms with Crippen molar-refractivity contribution in [3.63, 3.8) is 0 Å². The van der Waals surface area contributed by atoms with Gasteiger partial charge in [0.2, 0.25) is 5.91 Å². The van der Waals surface area contributed by atoms with E-state index in [2.05, 4.69) is 4.98 Å². The molecule has 0 fully saturated rings. The minimum Gasteiger partial charge on any atom is -0.493 e. The van der Waals surface area contributed by atoms with Crippen molar-refractivity contribution in [2.45, 2.75) is 12.0 Å². The van der Waals surface area contributed by atoms with Crippen molar-refractivity contribution in [1.82, 2.24) is 4.98 Å². The summed E-state index contributed by atoms with van der Waals surface area (Å²) in [4.78, 5) is 43.8. The minimum atomic E-state index is -1.99. The quantitative estimate of drug-likeness (QED) is 0.304. The van der Waals surface area contributed by atoms with Crippen LogP contribution in [0.15, 0.2) is 78.5 Å². The van der Waals surface area contributed by atoms with Gasteiger partial charge < -0.3 is 25.7 Å². The molecular weight excluding hydrogens is 550 g/mol. The van der Waals surface area contributed by atoms with Crippen LogP contribution in [0, 0.1) is 11.6 Å². The summed E-state index contributed by atoms with van der Waals surface area (Å²) in [5.74, 6) is -3.57. The van der Waals surface area contributed by atoms with Crippen molar-refractivity contribution in [3.05, 3.63) is 95.7 Å². The molecule has 214 valence electrons. The van der Waals surface area contributed by atoms with E-state index in [0.717, 1.165) is 23.1 Å². The van der Waals surface area contributed by atoms with Crippen LogP contribution in [-0.2, 0) is 19.9 Å². The van der Waals surface area contributed by atoms with Crippen LogP contribution in [-0.4, -0.2) is 36.9 Å². The zero-order valence-corrected chi connectivity index (χ0v) is 22.4. The molecule has 4 aromatic rings. The highest BCUT2D eigenvalue weighted by Crippen LogP contribution is 2.43. The first-order chi connectivity index (χ1) is 20.1. The lowest BCUT2D eigenvalue weighted by atomic mass is 9.79. The smallest absolute Gasteiger partial charge is 0.264 e.